The third-order valence-corrected chi connectivity index (χ3v) is 4.85. The number of anilines is 1. The molecule has 3 rings (SSSR count). The molecule has 11 heteroatoms. The molecule has 2 N–H and O–H groups in total. The molecule has 0 fully saturated rings. The third kappa shape index (κ3) is 4.25. The van der Waals surface area contributed by atoms with Crippen LogP contribution in [0.4, 0.5) is 15.3 Å². The first-order chi connectivity index (χ1) is 14.8. The maximum Gasteiger partial charge on any atom is 0.513 e. The molecule has 1 atom stereocenters. The minimum absolute atomic E-state index is 0.115. The molecule has 31 heavy (non-hydrogen) atoms. The van der Waals surface area contributed by atoms with E-state index in [1.165, 1.54) is 7.11 Å². The van der Waals surface area contributed by atoms with E-state index in [2.05, 4.69) is 9.89 Å². The highest BCUT2D eigenvalue weighted by molar-refractivity contribution is 6.11. The lowest BCUT2D eigenvalue weighted by Crippen LogP contribution is -2.45. The van der Waals surface area contributed by atoms with Gasteiger partial charge in [0.15, 0.2) is 11.7 Å². The number of ether oxygens (including phenoxy) is 2. The van der Waals surface area contributed by atoms with Crippen LogP contribution in [0.15, 0.2) is 26.5 Å². The quantitative estimate of drug-likeness (QED) is 0.512. The maximum atomic E-state index is 12.7. The highest BCUT2D eigenvalue weighted by atomic mass is 16.7. The van der Waals surface area contributed by atoms with Gasteiger partial charge in [-0.15, -0.1) is 0 Å². The number of benzene rings is 1. The van der Waals surface area contributed by atoms with Crippen LogP contribution in [0.5, 0.6) is 5.95 Å². The van der Waals surface area contributed by atoms with Gasteiger partial charge >= 0.3 is 12.3 Å². The lowest BCUT2D eigenvalue weighted by Gasteiger charge is -2.38. The van der Waals surface area contributed by atoms with Crippen LogP contribution >= 0.6 is 0 Å². The van der Waals surface area contributed by atoms with Gasteiger partial charge in [-0.2, -0.15) is 0 Å². The minimum atomic E-state index is -1.61. The number of aryl methyl sites for hydroxylation is 1. The van der Waals surface area contributed by atoms with E-state index >= 15 is 0 Å². The molecule has 0 aliphatic carbocycles. The molecule has 0 spiro atoms. The van der Waals surface area contributed by atoms with Gasteiger partial charge in [0.25, 0.3) is 5.95 Å². The van der Waals surface area contributed by atoms with Gasteiger partial charge in [-0.05, 0) is 19.4 Å². The van der Waals surface area contributed by atoms with Crippen molar-refractivity contribution in [3.05, 3.63) is 33.5 Å². The monoisotopic (exact) mass is 434 g/mol. The Kier molecular flexibility index (Phi) is 6.33. The van der Waals surface area contributed by atoms with Crippen LogP contribution in [0.2, 0.25) is 0 Å². The lowest BCUT2D eigenvalue weighted by atomic mass is 9.91. The molecule has 0 saturated heterocycles. The average Bonchev–Trinajstić information content (AvgIpc) is 2.68. The number of nitrogens with zero attached hydrogens (tertiary/aromatic N) is 2. The van der Waals surface area contributed by atoms with Crippen molar-refractivity contribution >= 4 is 34.7 Å². The zero-order valence-electron chi connectivity index (χ0n) is 17.2. The van der Waals surface area contributed by atoms with Crippen LogP contribution in [0, 0.1) is 0 Å². The van der Waals surface area contributed by atoms with Gasteiger partial charge in [0.05, 0.1) is 29.3 Å². The summed E-state index contributed by atoms with van der Waals surface area (Å²) in [6.07, 6.45) is -2.69. The predicted molar refractivity (Wildman–Crippen MR) is 109 cm³/mol. The lowest BCUT2D eigenvalue weighted by molar-refractivity contribution is 0.0520. The molecular weight excluding hydrogens is 412 g/mol. The number of carbonyl (C=O) groups is 2. The Bertz CT molecular complexity index is 1110. The number of fused-ring (bicyclic) bond motifs is 2. The molecule has 2 heterocycles. The van der Waals surface area contributed by atoms with Gasteiger partial charge in [0, 0.05) is 17.7 Å². The van der Waals surface area contributed by atoms with E-state index in [1.807, 2.05) is 13.8 Å². The number of oxime groups is 1. The number of rotatable bonds is 6. The molecule has 1 aromatic carbocycles. The molecule has 0 saturated carbocycles. The van der Waals surface area contributed by atoms with E-state index in [4.69, 9.17) is 19.1 Å². The Morgan fingerprint density at radius 1 is 1.26 bits per heavy atom. The highest BCUT2D eigenvalue weighted by Gasteiger charge is 2.36. The van der Waals surface area contributed by atoms with Gasteiger partial charge < -0.3 is 33.8 Å². The summed E-state index contributed by atoms with van der Waals surface area (Å²) in [6, 6.07) is 2.54. The zero-order chi connectivity index (χ0) is 22.7. The van der Waals surface area contributed by atoms with E-state index in [0.29, 0.717) is 41.9 Å². The fourth-order valence-electron chi connectivity index (χ4n) is 3.80. The molecule has 0 amide bonds. The number of hydrogen-bond donors (Lipinski definition) is 2. The Morgan fingerprint density at radius 2 is 2.00 bits per heavy atom. The van der Waals surface area contributed by atoms with Gasteiger partial charge in [-0.25, -0.2) is 9.59 Å². The molecule has 0 bridgehead atoms. The largest absolute Gasteiger partial charge is 0.513 e. The third-order valence-electron chi connectivity index (χ3n) is 4.85. The molecule has 1 aromatic heterocycles. The molecule has 0 radical (unpaired) electrons. The van der Waals surface area contributed by atoms with Crippen molar-refractivity contribution in [1.82, 2.24) is 0 Å². The molecular formula is C20H22N2O9. The fourth-order valence-corrected chi connectivity index (χ4v) is 3.80. The summed E-state index contributed by atoms with van der Waals surface area (Å²) >= 11 is 0. The van der Waals surface area contributed by atoms with E-state index in [9.17, 15) is 19.5 Å². The standard InChI is InChI=1S/C20H22N2O9/c1-4-6-10-17-11(7-12-14(23)9-16(30-18(10)12)31-20(26)27)13(21-28-3)8-15(22(17)5-2)29-19(24)25/h7,9,15H,4-6,8H2,1-3H3,(H,24,25)(H,26,27). The summed E-state index contributed by atoms with van der Waals surface area (Å²) < 4.78 is 15.3. The first-order valence-corrected chi connectivity index (χ1v) is 9.61. The summed E-state index contributed by atoms with van der Waals surface area (Å²) in [7, 11) is 1.36. The second-order valence-electron chi connectivity index (χ2n) is 6.72. The van der Waals surface area contributed by atoms with Crippen LogP contribution in [0.25, 0.3) is 11.0 Å². The van der Waals surface area contributed by atoms with Crippen molar-refractivity contribution in [1.29, 1.82) is 0 Å². The molecule has 1 unspecified atom stereocenters. The molecule has 2 aromatic rings. The Balaban J connectivity index is 2.38. The van der Waals surface area contributed by atoms with Crippen LogP contribution in [-0.4, -0.2) is 48.1 Å². The minimum Gasteiger partial charge on any atom is -0.450 e. The van der Waals surface area contributed by atoms with E-state index < -0.39 is 29.9 Å². The van der Waals surface area contributed by atoms with Gasteiger partial charge in [0.1, 0.15) is 12.7 Å². The average molecular weight is 434 g/mol. The van der Waals surface area contributed by atoms with Crippen molar-refractivity contribution in [3.8, 4) is 5.95 Å². The molecule has 11 nitrogen and oxygen atoms in total. The van der Waals surface area contributed by atoms with E-state index in [0.717, 1.165) is 6.07 Å². The topological polar surface area (TPSA) is 148 Å². The van der Waals surface area contributed by atoms with Gasteiger partial charge in [-0.1, -0.05) is 18.5 Å². The summed E-state index contributed by atoms with van der Waals surface area (Å²) in [5, 5.41) is 22.3. The normalized spacial score (nSPS) is 16.8. The predicted octanol–water partition coefficient (Wildman–Crippen LogP) is 3.40. The molecule has 1 aliphatic heterocycles. The SMILES string of the molecule is CCCc1c2c(cc3c(=O)cc(OC(=O)O)oc13)C(=NOC)CC(OC(=O)O)N2CC. The first-order valence-electron chi connectivity index (χ1n) is 9.61. The van der Waals surface area contributed by atoms with E-state index in [1.54, 1.807) is 11.0 Å². The first kappa shape index (κ1) is 21.9. The molecule has 166 valence electrons. The van der Waals surface area contributed by atoms with Crippen molar-refractivity contribution in [2.24, 2.45) is 5.16 Å². The van der Waals surface area contributed by atoms with E-state index in [-0.39, 0.29) is 17.4 Å². The number of carboxylic acid groups (broad SMARTS) is 2. The van der Waals surface area contributed by atoms with Gasteiger partial charge in [0.2, 0.25) is 0 Å². The van der Waals surface area contributed by atoms with Gasteiger partial charge in [-0.3, -0.25) is 4.79 Å². The smallest absolute Gasteiger partial charge is 0.450 e. The number of hydrogen-bond acceptors (Lipinski definition) is 9. The Morgan fingerprint density at radius 3 is 2.58 bits per heavy atom. The fraction of sp³-hybridized carbons (Fsp3) is 0.400. The van der Waals surface area contributed by atoms with Crippen molar-refractivity contribution < 1.29 is 38.5 Å². The second kappa shape index (κ2) is 8.94. The summed E-state index contributed by atoms with van der Waals surface area (Å²) in [6.45, 7) is 4.15. The highest BCUT2D eigenvalue weighted by Crippen LogP contribution is 2.40. The summed E-state index contributed by atoms with van der Waals surface area (Å²) in [5.74, 6) is -0.453. The van der Waals surface area contributed by atoms with Crippen molar-refractivity contribution in [2.75, 3.05) is 18.6 Å². The molecule has 1 aliphatic rings. The Hall–Kier alpha value is -3.76. The zero-order valence-corrected chi connectivity index (χ0v) is 17.2. The van der Waals surface area contributed by atoms with Crippen LogP contribution in [0.1, 0.15) is 37.8 Å². The maximum absolute atomic E-state index is 12.7. The van der Waals surface area contributed by atoms with Crippen LogP contribution in [0.3, 0.4) is 0 Å². The van der Waals surface area contributed by atoms with Crippen LogP contribution < -0.4 is 15.1 Å². The van der Waals surface area contributed by atoms with Crippen molar-refractivity contribution in [2.45, 2.75) is 39.3 Å². The van der Waals surface area contributed by atoms with Crippen molar-refractivity contribution in [3.63, 3.8) is 0 Å². The summed E-state index contributed by atoms with van der Waals surface area (Å²) in [4.78, 5) is 41.6. The van der Waals surface area contributed by atoms with Crippen LogP contribution in [-0.2, 0) is 16.0 Å². The second-order valence-corrected chi connectivity index (χ2v) is 6.72. The summed E-state index contributed by atoms with van der Waals surface area (Å²) in [5.41, 5.74) is 1.85. The Labute approximate surface area is 176 Å².